The largest absolute Gasteiger partial charge is 0.544 e. The van der Waals surface area contributed by atoms with Crippen molar-refractivity contribution in [1.82, 2.24) is 10.2 Å². The highest BCUT2D eigenvalue weighted by Gasteiger charge is 2.40. The van der Waals surface area contributed by atoms with E-state index in [-0.39, 0.29) is 34.7 Å². The molecule has 1 atom stereocenters. The van der Waals surface area contributed by atoms with E-state index in [4.69, 9.17) is 18.3 Å². The van der Waals surface area contributed by atoms with Gasteiger partial charge in [0.1, 0.15) is 22.8 Å². The summed E-state index contributed by atoms with van der Waals surface area (Å²) in [5, 5.41) is 4.09. The molecule has 0 saturated heterocycles. The van der Waals surface area contributed by atoms with Gasteiger partial charge in [-0.3, -0.25) is 4.79 Å². The van der Waals surface area contributed by atoms with E-state index in [1.165, 1.54) is 16.0 Å². The Labute approximate surface area is 393 Å². The molecule has 3 aromatic rings. The van der Waals surface area contributed by atoms with Crippen LogP contribution in [0.5, 0.6) is 17.2 Å². The van der Waals surface area contributed by atoms with Crippen molar-refractivity contribution in [1.29, 1.82) is 0 Å². The summed E-state index contributed by atoms with van der Waals surface area (Å²) >= 11 is 3.44. The Morgan fingerprint density at radius 1 is 0.651 bits per heavy atom. The van der Waals surface area contributed by atoms with Crippen molar-refractivity contribution in [2.45, 2.75) is 176 Å². The molecular formula is C51H83BrN2O7Si2. The molecule has 0 aliphatic carbocycles. The number of nitrogens with zero attached hydrogens (tertiary/aromatic N) is 1. The maximum Gasteiger partial charge on any atom is 0.415 e. The van der Waals surface area contributed by atoms with Gasteiger partial charge in [0.15, 0.2) is 5.78 Å². The van der Waals surface area contributed by atoms with Crippen molar-refractivity contribution in [3.63, 3.8) is 0 Å². The summed E-state index contributed by atoms with van der Waals surface area (Å²) in [5.74, 6) is 2.55. The molecule has 0 saturated carbocycles. The third kappa shape index (κ3) is 21.7. The van der Waals surface area contributed by atoms with Gasteiger partial charge < -0.3 is 28.5 Å². The number of hydrogen-bond acceptors (Lipinski definition) is 7. The molecule has 0 fully saturated rings. The Kier molecular flexibility index (Phi) is 23.5. The third-order valence-corrected chi connectivity index (χ3v) is 20.7. The van der Waals surface area contributed by atoms with Gasteiger partial charge in [0.2, 0.25) is 16.6 Å². The second-order valence-electron chi connectivity index (χ2n) is 20.5. The molecule has 0 spiro atoms. The number of amides is 2. The first-order valence-corrected chi connectivity index (χ1v) is 29.6. The maximum atomic E-state index is 12.8. The summed E-state index contributed by atoms with van der Waals surface area (Å²) in [7, 11) is -3.36. The van der Waals surface area contributed by atoms with Crippen LogP contribution in [0, 0.1) is 5.92 Å². The molecule has 12 heteroatoms. The zero-order valence-corrected chi connectivity index (χ0v) is 45.8. The van der Waals surface area contributed by atoms with Crippen LogP contribution in [0.2, 0.25) is 36.3 Å². The highest BCUT2D eigenvalue weighted by atomic mass is 79.9. The monoisotopic (exact) mass is 970 g/mol. The minimum Gasteiger partial charge on any atom is -0.544 e. The van der Waals surface area contributed by atoms with E-state index in [0.29, 0.717) is 18.7 Å². The van der Waals surface area contributed by atoms with Gasteiger partial charge in [-0.1, -0.05) is 122 Å². The summed E-state index contributed by atoms with van der Waals surface area (Å²) < 4.78 is 23.1. The van der Waals surface area contributed by atoms with Crippen LogP contribution in [0.25, 0.3) is 0 Å². The standard InChI is InChI=1S/C24H38N2O5.C14H24OSi.C13H21BrOSi/c1-8-18-10-12-19(13-11-18)30-23(29)26(9-2)15-14-21(27)20(16-17(3)4)25-22(28)31-24(5,6)7;1-7-12-8-10-13(11-9-12)15-16(5,6)14(2,3)4;1-13(2,3)16(4,5)15-12-8-6-11(10-14)7-9-12/h10-13,17,20H,8-9,14-16H2,1-7H3,(H,25,28);8-11H,7H2,1-6H3;6-9H,10H2,1-5H3/t20-;;/m1../s1. The van der Waals surface area contributed by atoms with Crippen molar-refractivity contribution in [3.05, 3.63) is 89.5 Å². The number of carbonyl (C=O) groups excluding carboxylic acids is 3. The topological polar surface area (TPSA) is 103 Å². The molecule has 0 heterocycles. The number of halogens is 1. The Bertz CT molecular complexity index is 1740. The molecule has 354 valence electrons. The van der Waals surface area contributed by atoms with Gasteiger partial charge in [0.25, 0.3) is 0 Å². The Balaban J connectivity index is 0.000000520. The number of hydrogen-bond donors (Lipinski definition) is 1. The molecule has 0 bridgehead atoms. The number of aryl methyl sites for hydroxylation is 2. The molecule has 2 amide bonds. The first-order valence-electron chi connectivity index (χ1n) is 22.7. The summed E-state index contributed by atoms with van der Waals surface area (Å²) in [6.45, 7) is 38.6. The van der Waals surface area contributed by atoms with E-state index < -0.39 is 40.5 Å². The summed E-state index contributed by atoms with van der Waals surface area (Å²) in [6.07, 6.45) is 1.49. The van der Waals surface area contributed by atoms with Crippen LogP contribution in [-0.2, 0) is 27.7 Å². The number of nitrogens with one attached hydrogen (secondary N) is 1. The average molecular weight is 972 g/mol. The summed E-state index contributed by atoms with van der Waals surface area (Å²) in [4.78, 5) is 38.9. The van der Waals surface area contributed by atoms with Crippen LogP contribution in [0.3, 0.4) is 0 Å². The fourth-order valence-corrected chi connectivity index (χ4v) is 7.72. The quantitative estimate of drug-likeness (QED) is 0.113. The van der Waals surface area contributed by atoms with Crippen molar-refractivity contribution >= 4 is 50.5 Å². The lowest BCUT2D eigenvalue weighted by Gasteiger charge is -2.36. The average Bonchev–Trinajstić information content (AvgIpc) is 3.17. The lowest BCUT2D eigenvalue weighted by molar-refractivity contribution is -0.121. The Morgan fingerprint density at radius 3 is 1.38 bits per heavy atom. The van der Waals surface area contributed by atoms with Gasteiger partial charge >= 0.3 is 12.2 Å². The molecule has 0 unspecified atom stereocenters. The number of ether oxygens (including phenoxy) is 2. The van der Waals surface area contributed by atoms with Gasteiger partial charge in [-0.15, -0.1) is 0 Å². The van der Waals surface area contributed by atoms with Gasteiger partial charge in [0, 0.05) is 24.8 Å². The number of rotatable bonds is 16. The Morgan fingerprint density at radius 2 is 1.05 bits per heavy atom. The van der Waals surface area contributed by atoms with Crippen LogP contribution in [-0.4, -0.2) is 64.2 Å². The number of ketones is 1. The van der Waals surface area contributed by atoms with E-state index in [1.54, 1.807) is 32.9 Å². The minimum atomic E-state index is -1.69. The van der Waals surface area contributed by atoms with Crippen molar-refractivity contribution < 1.29 is 32.7 Å². The zero-order valence-electron chi connectivity index (χ0n) is 42.2. The fraction of sp³-hybridized carbons (Fsp3) is 0.588. The van der Waals surface area contributed by atoms with Crippen molar-refractivity contribution in [2.75, 3.05) is 13.1 Å². The smallest absolute Gasteiger partial charge is 0.415 e. The summed E-state index contributed by atoms with van der Waals surface area (Å²) in [5.41, 5.74) is 3.16. The predicted octanol–water partition coefficient (Wildman–Crippen LogP) is 14.6. The molecule has 3 aromatic carbocycles. The fourth-order valence-electron chi connectivity index (χ4n) is 5.28. The van der Waals surface area contributed by atoms with E-state index in [0.717, 1.165) is 35.2 Å². The number of benzene rings is 3. The normalized spacial score (nSPS) is 12.4. The molecule has 1 N–H and O–H groups in total. The van der Waals surface area contributed by atoms with E-state index in [1.807, 2.05) is 32.9 Å². The van der Waals surface area contributed by atoms with Crippen LogP contribution in [0.1, 0.15) is 126 Å². The van der Waals surface area contributed by atoms with Gasteiger partial charge in [-0.2, -0.15) is 0 Å². The second kappa shape index (κ2) is 25.8. The van der Waals surface area contributed by atoms with Crippen molar-refractivity contribution in [2.24, 2.45) is 5.92 Å². The molecule has 0 radical (unpaired) electrons. The molecule has 9 nitrogen and oxygen atoms in total. The maximum absolute atomic E-state index is 12.8. The number of alkyl carbamates (subject to hydrolysis) is 1. The van der Waals surface area contributed by atoms with Gasteiger partial charge in [0.05, 0.1) is 6.04 Å². The summed E-state index contributed by atoms with van der Waals surface area (Å²) in [6, 6.07) is 23.6. The van der Waals surface area contributed by atoms with E-state index in [9.17, 15) is 14.4 Å². The molecule has 0 aliphatic rings. The van der Waals surface area contributed by atoms with Crippen LogP contribution in [0.15, 0.2) is 72.8 Å². The second-order valence-corrected chi connectivity index (χ2v) is 30.5. The molecule has 3 rings (SSSR count). The molecule has 63 heavy (non-hydrogen) atoms. The number of Topliss-reactive ketones (excluding diaryl/α,β-unsaturated/α-hetero) is 1. The molecular weight excluding hydrogens is 889 g/mol. The van der Waals surface area contributed by atoms with Crippen molar-refractivity contribution in [3.8, 4) is 17.2 Å². The van der Waals surface area contributed by atoms with Crippen LogP contribution in [0.4, 0.5) is 9.59 Å². The molecule has 0 aromatic heterocycles. The first kappa shape index (κ1) is 57.4. The Hall–Kier alpha value is -3.62. The van der Waals surface area contributed by atoms with E-state index in [2.05, 4.69) is 151 Å². The SMILES string of the molecule is CC(C)(C)[Si](C)(C)Oc1ccc(CBr)cc1.CCc1ccc(OC(=O)N(CC)CCC(=O)[C@@H](CC(C)C)NC(=O)OC(C)(C)C)cc1.CCc1ccc(O[Si](C)(C)C(C)(C)C)cc1. The minimum absolute atomic E-state index is 0.116. The lowest BCUT2D eigenvalue weighted by Crippen LogP contribution is -2.45. The number of alkyl halides is 1. The third-order valence-electron chi connectivity index (χ3n) is 11.4. The van der Waals surface area contributed by atoms with Crippen LogP contribution < -0.4 is 18.9 Å². The molecule has 0 aliphatic heterocycles. The highest BCUT2D eigenvalue weighted by Crippen LogP contribution is 2.38. The predicted molar refractivity (Wildman–Crippen MR) is 272 cm³/mol. The van der Waals surface area contributed by atoms with E-state index >= 15 is 0 Å². The van der Waals surface area contributed by atoms with Gasteiger partial charge in [-0.25, -0.2) is 9.59 Å². The highest BCUT2D eigenvalue weighted by molar-refractivity contribution is 9.08. The van der Waals surface area contributed by atoms with Gasteiger partial charge in [-0.05, 0) is 142 Å². The van der Waals surface area contributed by atoms with Crippen LogP contribution >= 0.6 is 15.9 Å². The number of carbonyl (C=O) groups is 3. The zero-order chi connectivity index (χ0) is 48.4. The first-order chi connectivity index (χ1) is 29.0. The lowest BCUT2D eigenvalue weighted by atomic mass is 9.98.